The average Bonchev–Trinajstić information content (AvgIpc) is 2.54. The van der Waals surface area contributed by atoms with Gasteiger partial charge in [-0.25, -0.2) is 16.8 Å². The van der Waals surface area contributed by atoms with E-state index in [0.29, 0.717) is 11.1 Å². The fourth-order valence-corrected chi connectivity index (χ4v) is 4.45. The lowest BCUT2D eigenvalue weighted by atomic mass is 10.2. The summed E-state index contributed by atoms with van der Waals surface area (Å²) in [6.45, 7) is 7.12. The highest BCUT2D eigenvalue weighted by Gasteiger charge is 2.13. The number of hydrogen-bond acceptors (Lipinski definition) is 4. The molecule has 0 bridgehead atoms. The molecule has 0 saturated carbocycles. The monoisotopic (exact) mass is 348 g/mol. The van der Waals surface area contributed by atoms with Crippen LogP contribution in [0.1, 0.15) is 11.1 Å². The standard InChI is InChI=1S/C16H14NO4S2/c1-3-13-5-9-15(10-6-13)22(18,19)17-23(20,21)16-11-7-14(4-2)8-12-16/h3-12H,1-2H2/q-1. The van der Waals surface area contributed by atoms with Crippen LogP contribution in [0.5, 0.6) is 0 Å². The minimum absolute atomic E-state index is 0.200. The summed E-state index contributed by atoms with van der Waals surface area (Å²) < 4.78 is 51.7. The zero-order chi connectivity index (χ0) is 17.1. The molecule has 0 amide bonds. The SMILES string of the molecule is C=Cc1ccc(S(=O)(=O)[N-]S(=O)(=O)c2ccc(C=C)cc2)cc1. The Bertz CT molecular complexity index is 847. The topological polar surface area (TPSA) is 82.4 Å². The van der Waals surface area contributed by atoms with Gasteiger partial charge < -0.3 is 4.13 Å². The lowest BCUT2D eigenvalue weighted by Gasteiger charge is -2.21. The summed E-state index contributed by atoms with van der Waals surface area (Å²) in [7, 11) is -8.65. The highest BCUT2D eigenvalue weighted by atomic mass is 32.3. The molecule has 2 aromatic rings. The van der Waals surface area contributed by atoms with Crippen LogP contribution in [0.4, 0.5) is 0 Å². The number of rotatable bonds is 6. The zero-order valence-corrected chi connectivity index (χ0v) is 13.7. The van der Waals surface area contributed by atoms with Gasteiger partial charge in [0.2, 0.25) is 0 Å². The maximum Gasteiger partial charge on any atom is 0.112 e. The Balaban J connectivity index is 2.33. The van der Waals surface area contributed by atoms with Gasteiger partial charge in [0.15, 0.2) is 0 Å². The summed E-state index contributed by atoms with van der Waals surface area (Å²) in [5.74, 6) is 0. The first-order chi connectivity index (χ1) is 10.8. The van der Waals surface area contributed by atoms with E-state index in [9.17, 15) is 16.8 Å². The maximum atomic E-state index is 12.2. The Labute approximate surface area is 136 Å². The molecule has 0 unspecified atom stereocenters. The second-order valence-corrected chi connectivity index (χ2v) is 8.01. The number of hydrogen-bond donors (Lipinski definition) is 0. The van der Waals surface area contributed by atoms with Crippen LogP contribution in [0.2, 0.25) is 0 Å². The van der Waals surface area contributed by atoms with E-state index < -0.39 is 20.0 Å². The predicted molar refractivity (Wildman–Crippen MR) is 90.8 cm³/mol. The fourth-order valence-electron chi connectivity index (χ4n) is 1.77. The van der Waals surface area contributed by atoms with E-state index >= 15 is 0 Å². The third-order valence-corrected chi connectivity index (χ3v) is 6.33. The maximum absolute atomic E-state index is 12.2. The summed E-state index contributed by atoms with van der Waals surface area (Å²) >= 11 is 0. The molecule has 2 aromatic carbocycles. The molecule has 23 heavy (non-hydrogen) atoms. The van der Waals surface area contributed by atoms with Gasteiger partial charge >= 0.3 is 0 Å². The van der Waals surface area contributed by atoms with Gasteiger partial charge in [0.1, 0.15) is 20.0 Å². The van der Waals surface area contributed by atoms with E-state index in [1.807, 2.05) is 0 Å². The van der Waals surface area contributed by atoms with Crippen molar-refractivity contribution in [1.82, 2.24) is 0 Å². The van der Waals surface area contributed by atoms with Crippen LogP contribution in [-0.2, 0) is 20.0 Å². The van der Waals surface area contributed by atoms with Gasteiger partial charge in [-0.2, -0.15) is 0 Å². The first-order valence-electron chi connectivity index (χ1n) is 6.48. The molecule has 5 nitrogen and oxygen atoms in total. The normalized spacial score (nSPS) is 11.8. The molecular weight excluding hydrogens is 334 g/mol. The largest absolute Gasteiger partial charge is 0.428 e. The molecule has 0 spiro atoms. The van der Waals surface area contributed by atoms with Crippen molar-refractivity contribution < 1.29 is 16.8 Å². The lowest BCUT2D eigenvalue weighted by molar-refractivity contribution is 0.595. The van der Waals surface area contributed by atoms with E-state index in [1.165, 1.54) is 48.5 Å². The van der Waals surface area contributed by atoms with Crippen molar-refractivity contribution in [2.45, 2.75) is 9.79 Å². The molecule has 7 heteroatoms. The molecule has 0 aliphatic heterocycles. The Morgan fingerprint density at radius 2 is 0.957 bits per heavy atom. The molecule has 0 aliphatic rings. The van der Waals surface area contributed by atoms with Crippen molar-refractivity contribution in [3.63, 3.8) is 0 Å². The molecule has 0 heterocycles. The van der Waals surface area contributed by atoms with E-state index in [-0.39, 0.29) is 9.79 Å². The van der Waals surface area contributed by atoms with Gasteiger partial charge in [0.25, 0.3) is 0 Å². The third kappa shape index (κ3) is 3.95. The minimum atomic E-state index is -4.32. The Morgan fingerprint density at radius 1 is 0.652 bits per heavy atom. The number of sulfonamides is 2. The van der Waals surface area contributed by atoms with Crippen LogP contribution in [0.15, 0.2) is 71.5 Å². The third-order valence-electron chi connectivity index (χ3n) is 3.02. The molecule has 0 N–H and O–H groups in total. The van der Waals surface area contributed by atoms with Crippen molar-refractivity contribution in [2.24, 2.45) is 0 Å². The van der Waals surface area contributed by atoms with Crippen molar-refractivity contribution in [1.29, 1.82) is 0 Å². The molecule has 0 aromatic heterocycles. The minimum Gasteiger partial charge on any atom is -0.428 e. The summed E-state index contributed by atoms with van der Waals surface area (Å²) in [6.07, 6.45) is 3.09. The second kappa shape index (κ2) is 6.49. The van der Waals surface area contributed by atoms with Crippen molar-refractivity contribution in [3.05, 3.63) is 76.9 Å². The van der Waals surface area contributed by atoms with Crippen LogP contribution < -0.4 is 0 Å². The Hall–Kier alpha value is -2.22. The van der Waals surface area contributed by atoms with Gasteiger partial charge in [-0.1, -0.05) is 49.6 Å². The van der Waals surface area contributed by atoms with Crippen LogP contribution in [0, 0.1) is 0 Å². The van der Waals surface area contributed by atoms with Gasteiger partial charge in [-0.05, 0) is 35.4 Å². The molecular formula is C16H14NO4S2-. The predicted octanol–water partition coefficient (Wildman–Crippen LogP) is 3.42. The highest BCUT2D eigenvalue weighted by Crippen LogP contribution is 2.26. The van der Waals surface area contributed by atoms with Gasteiger partial charge in [0.05, 0.1) is 0 Å². The number of benzene rings is 2. The van der Waals surface area contributed by atoms with Crippen molar-refractivity contribution in [3.8, 4) is 0 Å². The summed E-state index contributed by atoms with van der Waals surface area (Å²) in [4.78, 5) is -0.399. The summed E-state index contributed by atoms with van der Waals surface area (Å²) in [5.41, 5.74) is 1.43. The molecule has 0 saturated heterocycles. The first-order valence-corrected chi connectivity index (χ1v) is 9.36. The Morgan fingerprint density at radius 3 is 1.22 bits per heavy atom. The quantitative estimate of drug-likeness (QED) is 0.801. The zero-order valence-electron chi connectivity index (χ0n) is 12.1. The van der Waals surface area contributed by atoms with Crippen LogP contribution in [-0.4, -0.2) is 16.8 Å². The Kier molecular flexibility index (Phi) is 4.84. The van der Waals surface area contributed by atoms with Crippen LogP contribution in [0.3, 0.4) is 0 Å². The van der Waals surface area contributed by atoms with E-state index in [4.69, 9.17) is 0 Å². The molecule has 0 aliphatic carbocycles. The van der Waals surface area contributed by atoms with E-state index in [1.54, 1.807) is 12.2 Å². The highest BCUT2D eigenvalue weighted by molar-refractivity contribution is 8.12. The van der Waals surface area contributed by atoms with Gasteiger partial charge in [-0.15, -0.1) is 0 Å². The van der Waals surface area contributed by atoms with Crippen LogP contribution >= 0.6 is 0 Å². The van der Waals surface area contributed by atoms with Crippen LogP contribution in [0.25, 0.3) is 16.3 Å². The number of nitrogens with zero attached hydrogens (tertiary/aromatic N) is 1. The van der Waals surface area contributed by atoms with Gasteiger partial charge in [-0.3, -0.25) is 0 Å². The van der Waals surface area contributed by atoms with E-state index in [0.717, 1.165) is 0 Å². The molecule has 0 fully saturated rings. The van der Waals surface area contributed by atoms with Crippen molar-refractivity contribution in [2.75, 3.05) is 0 Å². The molecule has 120 valence electrons. The van der Waals surface area contributed by atoms with Gasteiger partial charge in [0, 0.05) is 9.79 Å². The molecule has 0 atom stereocenters. The first kappa shape index (κ1) is 17.1. The van der Waals surface area contributed by atoms with Crippen molar-refractivity contribution >= 4 is 32.2 Å². The van der Waals surface area contributed by atoms with E-state index in [2.05, 4.69) is 17.3 Å². The average molecular weight is 348 g/mol. The second-order valence-electron chi connectivity index (χ2n) is 4.57. The summed E-state index contributed by atoms with van der Waals surface area (Å²) in [5, 5.41) is 0. The summed E-state index contributed by atoms with van der Waals surface area (Å²) in [6, 6.07) is 11.2. The fraction of sp³-hybridized carbons (Fsp3) is 0. The lowest BCUT2D eigenvalue weighted by Crippen LogP contribution is -2.08. The molecule has 0 radical (unpaired) electrons. The smallest absolute Gasteiger partial charge is 0.112 e. The molecule has 2 rings (SSSR count).